The summed E-state index contributed by atoms with van der Waals surface area (Å²) in [6.45, 7) is 5.05. The fourth-order valence-electron chi connectivity index (χ4n) is 6.64. The van der Waals surface area contributed by atoms with Crippen LogP contribution in [0.1, 0.15) is 59.6 Å². The van der Waals surface area contributed by atoms with Crippen LogP contribution < -0.4 is 10.0 Å². The van der Waals surface area contributed by atoms with Crippen molar-refractivity contribution < 1.29 is 56.2 Å². The quantitative estimate of drug-likeness (QED) is 0.204. The molecule has 3 fully saturated rings. The van der Waals surface area contributed by atoms with Gasteiger partial charge in [0.2, 0.25) is 0 Å². The number of methoxy groups -OCH3 is 1. The van der Waals surface area contributed by atoms with E-state index in [1.54, 1.807) is 27.7 Å². The Morgan fingerprint density at radius 2 is 1.88 bits per heavy atom. The lowest BCUT2D eigenvalue weighted by molar-refractivity contribution is -0.207. The number of aromatic nitrogens is 3. The predicted molar refractivity (Wildman–Crippen MR) is 180 cm³/mol. The number of ether oxygens (including phenoxy) is 5. The highest BCUT2D eigenvalue weighted by Crippen LogP contribution is 2.61. The van der Waals surface area contributed by atoms with Crippen LogP contribution in [0, 0.1) is 0 Å². The van der Waals surface area contributed by atoms with E-state index in [2.05, 4.69) is 14.4 Å². The summed E-state index contributed by atoms with van der Waals surface area (Å²) in [5.74, 6) is -2.38. The van der Waals surface area contributed by atoms with E-state index in [0.29, 0.717) is 23.9 Å². The second kappa shape index (κ2) is 15.0. The zero-order chi connectivity index (χ0) is 36.6. The van der Waals surface area contributed by atoms with Crippen LogP contribution in [0.15, 0.2) is 16.6 Å². The van der Waals surface area contributed by atoms with Crippen molar-refractivity contribution in [1.29, 1.82) is 0 Å². The fourth-order valence-corrected chi connectivity index (χ4v) is 9.35. The molecule has 1 aliphatic carbocycles. The Morgan fingerprint density at radius 3 is 2.46 bits per heavy atom. The molecule has 0 radical (unpaired) electrons. The average molecular weight is 767 g/mol. The third-order valence-electron chi connectivity index (χ3n) is 8.50. The van der Waals surface area contributed by atoms with Gasteiger partial charge in [-0.2, -0.15) is 5.10 Å². The number of carbonyl (C=O) groups is 2. The number of carbonyl (C=O) groups excluding carboxylic acids is 1. The molecular formula is C29H44ClN6O12PS. The van der Waals surface area contributed by atoms with Gasteiger partial charge in [-0.05, 0) is 40.5 Å². The van der Waals surface area contributed by atoms with E-state index in [4.69, 9.17) is 49.5 Å². The monoisotopic (exact) mass is 766 g/mol. The lowest BCUT2D eigenvalue weighted by Crippen LogP contribution is -2.49. The van der Waals surface area contributed by atoms with Crippen LogP contribution in [0.25, 0.3) is 11.0 Å². The van der Waals surface area contributed by atoms with E-state index in [1.165, 1.54) is 29.0 Å². The molecule has 18 nitrogen and oxygen atoms in total. The summed E-state index contributed by atoms with van der Waals surface area (Å²) in [6, 6.07) is 1.27. The van der Waals surface area contributed by atoms with Gasteiger partial charge in [-0.25, -0.2) is 23.8 Å². The molecule has 5 rings (SSSR count). The first-order chi connectivity index (χ1) is 23.5. The molecule has 1 saturated carbocycles. The molecule has 0 aromatic carbocycles. The minimum atomic E-state index is -4.56. The second-order valence-electron chi connectivity index (χ2n) is 12.6. The van der Waals surface area contributed by atoms with Gasteiger partial charge in [0.1, 0.15) is 33.4 Å². The topological polar surface area (TPSA) is 225 Å². The Labute approximate surface area is 295 Å². The zero-order valence-electron chi connectivity index (χ0n) is 28.7. The van der Waals surface area contributed by atoms with Crippen LogP contribution in [0.5, 0.6) is 0 Å². The van der Waals surface area contributed by atoms with Crippen LogP contribution in [0.2, 0.25) is 5.15 Å². The Hall–Kier alpha value is -2.29. The van der Waals surface area contributed by atoms with Crippen LogP contribution in [-0.4, -0.2) is 111 Å². The van der Waals surface area contributed by atoms with Gasteiger partial charge >= 0.3 is 19.6 Å². The molecule has 3 aliphatic rings. The molecule has 4 heterocycles. The standard InChI is InChI=1S/C29H44ClN6O12PS/c1-7-44-49(40,45-8-2)29(16-42-5,26(37)34-50(6,31)41)43-15-20-22-23(48-28(3,4)47-22)25(46-20)36-24-18(14-32-36)19(13-21(30)33-24)35(27(38)39)17-11-9-10-12-17/h13-14,17,20,22-23,25H,7-12,15-16H2,1-6H3,(H,38,39)(H2,31,34,37,41)/t20-,22-,23-,25-,29?,50?/m1/s1. The molecule has 0 bridgehead atoms. The minimum absolute atomic E-state index is 0.0402. The van der Waals surface area contributed by atoms with Gasteiger partial charge in [0.05, 0.1) is 43.7 Å². The number of amides is 2. The summed E-state index contributed by atoms with van der Waals surface area (Å²) < 4.78 is 73.2. The third-order valence-corrected chi connectivity index (χ3v) is 11.8. The highest BCUT2D eigenvalue weighted by molar-refractivity contribution is 7.91. The third kappa shape index (κ3) is 7.59. The maximum atomic E-state index is 14.3. The van der Waals surface area contributed by atoms with Crippen LogP contribution in [0.4, 0.5) is 10.5 Å². The van der Waals surface area contributed by atoms with E-state index in [0.717, 1.165) is 19.1 Å². The molecule has 2 unspecified atom stereocenters. The zero-order valence-corrected chi connectivity index (χ0v) is 31.1. The largest absolute Gasteiger partial charge is 0.465 e. The molecular weight excluding hydrogens is 723 g/mol. The Kier molecular flexibility index (Phi) is 11.7. The number of halogens is 1. The highest BCUT2D eigenvalue weighted by Gasteiger charge is 2.62. The number of anilines is 1. The minimum Gasteiger partial charge on any atom is -0.465 e. The smallest absolute Gasteiger partial charge is 0.412 e. The fraction of sp³-hybridized carbons (Fsp3) is 0.724. The lowest BCUT2D eigenvalue weighted by atomic mass is 10.1. The number of pyridine rings is 1. The van der Waals surface area contributed by atoms with Crippen LogP contribution in [-0.2, 0) is 52.0 Å². The normalized spacial score (nSPS) is 26.1. The van der Waals surface area contributed by atoms with E-state index >= 15 is 0 Å². The summed E-state index contributed by atoms with van der Waals surface area (Å²) in [7, 11) is -6.87. The summed E-state index contributed by atoms with van der Waals surface area (Å²) in [5.41, 5.74) is 0.571. The number of carboxylic acid groups (broad SMARTS) is 1. The number of hydrogen-bond acceptors (Lipinski definition) is 13. The van der Waals surface area contributed by atoms with Crippen molar-refractivity contribution in [2.24, 2.45) is 9.50 Å². The lowest BCUT2D eigenvalue weighted by Gasteiger charge is -2.36. The van der Waals surface area contributed by atoms with E-state index in [1.807, 2.05) is 0 Å². The molecule has 280 valence electrons. The van der Waals surface area contributed by atoms with Crippen molar-refractivity contribution in [3.05, 3.63) is 17.4 Å². The summed E-state index contributed by atoms with van der Waals surface area (Å²) in [5, 5.41) is 18.3. The highest BCUT2D eigenvalue weighted by atomic mass is 35.5. The molecule has 2 aromatic rings. The molecule has 3 N–H and O–H groups in total. The van der Waals surface area contributed by atoms with Crippen LogP contribution >= 0.6 is 19.2 Å². The summed E-state index contributed by atoms with van der Waals surface area (Å²) in [4.78, 5) is 32.0. The van der Waals surface area contributed by atoms with Crippen LogP contribution in [0.3, 0.4) is 0 Å². The van der Waals surface area contributed by atoms with Crippen molar-refractivity contribution in [1.82, 2.24) is 14.8 Å². The first-order valence-electron chi connectivity index (χ1n) is 16.1. The van der Waals surface area contributed by atoms with Crippen molar-refractivity contribution in [3.8, 4) is 0 Å². The molecule has 50 heavy (non-hydrogen) atoms. The molecule has 21 heteroatoms. The molecule has 2 amide bonds. The van der Waals surface area contributed by atoms with Crippen molar-refractivity contribution in [2.75, 3.05) is 44.7 Å². The Morgan fingerprint density at radius 1 is 1.24 bits per heavy atom. The number of hydrogen-bond donors (Lipinski definition) is 2. The van der Waals surface area contributed by atoms with Gasteiger partial charge in [0.25, 0.3) is 5.34 Å². The number of nitrogens with zero attached hydrogens (tertiary/aromatic N) is 5. The molecule has 2 aromatic heterocycles. The second-order valence-corrected chi connectivity index (χ2v) is 17.2. The van der Waals surface area contributed by atoms with E-state index in [-0.39, 0.29) is 30.1 Å². The van der Waals surface area contributed by atoms with Gasteiger partial charge in [0.15, 0.2) is 17.7 Å². The maximum Gasteiger partial charge on any atom is 0.412 e. The number of nitrogens with two attached hydrogens (primary N) is 1. The van der Waals surface area contributed by atoms with Gasteiger partial charge in [-0.15, -0.1) is 4.36 Å². The first-order valence-corrected chi connectivity index (χ1v) is 20.0. The summed E-state index contributed by atoms with van der Waals surface area (Å²) >= 11 is 6.48. The van der Waals surface area contributed by atoms with E-state index < -0.39 is 78.4 Å². The van der Waals surface area contributed by atoms with Crippen molar-refractivity contribution >= 4 is 57.8 Å². The van der Waals surface area contributed by atoms with Gasteiger partial charge in [0, 0.05) is 25.5 Å². The Bertz CT molecular complexity index is 1750. The van der Waals surface area contributed by atoms with Crippen molar-refractivity contribution in [3.63, 3.8) is 0 Å². The van der Waals surface area contributed by atoms with Gasteiger partial charge < -0.3 is 37.8 Å². The first kappa shape index (κ1) is 38.9. The number of rotatable bonds is 14. The van der Waals surface area contributed by atoms with Gasteiger partial charge in [-0.1, -0.05) is 24.4 Å². The Balaban J connectivity index is 1.54. The average Bonchev–Trinajstić information content (AvgIpc) is 3.79. The molecule has 6 atom stereocenters. The molecule has 2 aliphatic heterocycles. The van der Waals surface area contributed by atoms with E-state index in [9.17, 15) is 23.5 Å². The van der Waals surface area contributed by atoms with Gasteiger partial charge in [-0.3, -0.25) is 14.3 Å². The summed E-state index contributed by atoms with van der Waals surface area (Å²) in [6.07, 6.45) is 0.939. The maximum absolute atomic E-state index is 14.3. The predicted octanol–water partition coefficient (Wildman–Crippen LogP) is 4.05. The SMILES string of the molecule is CCOP(=O)(OCC)C(COC)(OC[C@H]1O[C@@H](n2ncc3c(N(C(=O)O)C4CCCC4)cc(Cl)nc32)[C@@H]2OC(C)(C)O[C@@H]21)C(=O)N=S(C)(N)=O. The van der Waals surface area contributed by atoms with Crippen molar-refractivity contribution in [2.45, 2.75) is 95.1 Å². The number of fused-ring (bicyclic) bond motifs is 2. The molecule has 2 saturated heterocycles. The molecule has 0 spiro atoms.